The van der Waals surface area contributed by atoms with Crippen LogP contribution in [0, 0.1) is 0 Å². The molecule has 0 saturated carbocycles. The van der Waals surface area contributed by atoms with E-state index >= 15 is 0 Å². The lowest BCUT2D eigenvalue weighted by atomic mass is 10.1. The fourth-order valence-electron chi connectivity index (χ4n) is 3.95. The van der Waals surface area contributed by atoms with Crippen molar-refractivity contribution in [3.8, 4) is 23.0 Å². The van der Waals surface area contributed by atoms with Crippen molar-refractivity contribution in [2.75, 3.05) is 38.1 Å². The summed E-state index contributed by atoms with van der Waals surface area (Å²) >= 11 is 5.91. The first-order chi connectivity index (χ1) is 19.9. The predicted molar refractivity (Wildman–Crippen MR) is 155 cm³/mol. The normalized spacial score (nSPS) is 13.0. The number of hydrogen-bond donors (Lipinski definition) is 2. The Labute approximate surface area is 240 Å². The average Bonchev–Trinajstić information content (AvgIpc) is 2.97. The number of fused-ring (bicyclic) bond motifs is 1. The number of halogens is 1. The van der Waals surface area contributed by atoms with E-state index in [9.17, 15) is 9.59 Å². The summed E-state index contributed by atoms with van der Waals surface area (Å²) in [6, 6.07) is 17.4. The highest BCUT2D eigenvalue weighted by Gasteiger charge is 2.22. The van der Waals surface area contributed by atoms with Crippen molar-refractivity contribution in [1.82, 2.24) is 9.97 Å². The molecule has 0 saturated heterocycles. The summed E-state index contributed by atoms with van der Waals surface area (Å²) in [4.78, 5) is 34.4. The standard InChI is InChI=1S/C30H25ClN4O6/c1-38-11-12-40-29-16-23-22(13-28(29)39-2)30(33-17-32-23)35-25-15-26(36)24(14-27(25)37)34-19-5-9-21(10-6-19)41-20-7-3-18(31)4-8-20/h3-10,13-17,34H,11-12H2,1-2H3,(H,32,33,35). The van der Waals surface area contributed by atoms with Crippen LogP contribution < -0.4 is 24.8 Å². The van der Waals surface area contributed by atoms with Gasteiger partial charge >= 0.3 is 0 Å². The Kier molecular flexibility index (Phi) is 8.42. The summed E-state index contributed by atoms with van der Waals surface area (Å²) in [7, 11) is 3.11. The maximum Gasteiger partial charge on any atom is 0.204 e. The van der Waals surface area contributed by atoms with Gasteiger partial charge in [-0.1, -0.05) is 11.6 Å². The second kappa shape index (κ2) is 12.5. The third-order valence-electron chi connectivity index (χ3n) is 5.98. The zero-order valence-electron chi connectivity index (χ0n) is 22.1. The van der Waals surface area contributed by atoms with Gasteiger partial charge in [0, 0.05) is 41.4 Å². The fraction of sp³-hybridized carbons (Fsp3) is 0.133. The van der Waals surface area contributed by atoms with Crippen LogP contribution in [0.15, 0.2) is 90.5 Å². The first kappa shape index (κ1) is 27.6. The number of allylic oxidation sites excluding steroid dienone is 2. The molecule has 0 bridgehead atoms. The third-order valence-corrected chi connectivity index (χ3v) is 6.24. The van der Waals surface area contributed by atoms with Crippen molar-refractivity contribution >= 4 is 45.6 Å². The number of benzene rings is 3. The van der Waals surface area contributed by atoms with Crippen molar-refractivity contribution in [1.29, 1.82) is 0 Å². The molecule has 0 aliphatic heterocycles. The summed E-state index contributed by atoms with van der Waals surface area (Å²) in [5.41, 5.74) is 1.39. The average molecular weight is 573 g/mol. The SMILES string of the molecule is COCCOc1cc2ncnc(NC3=CC(=O)C(Nc4ccc(Oc5ccc(Cl)cc5)cc4)=CC3=O)c2cc1OC. The highest BCUT2D eigenvalue weighted by molar-refractivity contribution is 6.30. The molecule has 0 amide bonds. The molecule has 2 N–H and O–H groups in total. The van der Waals surface area contributed by atoms with Gasteiger partial charge in [-0.25, -0.2) is 9.97 Å². The van der Waals surface area contributed by atoms with Gasteiger partial charge in [0.05, 0.1) is 30.6 Å². The summed E-state index contributed by atoms with van der Waals surface area (Å²) in [6.07, 6.45) is 3.83. The van der Waals surface area contributed by atoms with E-state index in [1.54, 1.807) is 67.8 Å². The molecule has 1 aliphatic carbocycles. The topological polar surface area (TPSA) is 121 Å². The zero-order valence-corrected chi connectivity index (χ0v) is 22.9. The second-order valence-corrected chi connectivity index (χ2v) is 9.20. The van der Waals surface area contributed by atoms with Gasteiger partial charge in [0.2, 0.25) is 11.6 Å². The Morgan fingerprint density at radius 3 is 2.10 bits per heavy atom. The maximum absolute atomic E-state index is 13.0. The second-order valence-electron chi connectivity index (χ2n) is 8.76. The predicted octanol–water partition coefficient (Wildman–Crippen LogP) is 5.55. The molecule has 0 unspecified atom stereocenters. The molecule has 11 heteroatoms. The minimum Gasteiger partial charge on any atom is -0.493 e. The molecule has 0 radical (unpaired) electrons. The monoisotopic (exact) mass is 572 g/mol. The van der Waals surface area contributed by atoms with Crippen molar-refractivity contribution in [2.45, 2.75) is 0 Å². The highest BCUT2D eigenvalue weighted by Crippen LogP contribution is 2.34. The van der Waals surface area contributed by atoms with E-state index in [2.05, 4.69) is 20.6 Å². The number of methoxy groups -OCH3 is 2. The highest BCUT2D eigenvalue weighted by atomic mass is 35.5. The molecule has 10 nitrogen and oxygen atoms in total. The number of ketones is 2. The van der Waals surface area contributed by atoms with Crippen LogP contribution in [0.2, 0.25) is 5.02 Å². The van der Waals surface area contributed by atoms with Crippen molar-refractivity contribution in [3.63, 3.8) is 0 Å². The Morgan fingerprint density at radius 2 is 1.44 bits per heavy atom. The molecule has 3 aromatic carbocycles. The summed E-state index contributed by atoms with van der Waals surface area (Å²) < 4.78 is 22.0. The molecule has 0 fully saturated rings. The van der Waals surface area contributed by atoms with Crippen LogP contribution in [-0.4, -0.2) is 49.0 Å². The summed E-state index contributed by atoms with van der Waals surface area (Å²) in [6.45, 7) is 0.749. The lowest BCUT2D eigenvalue weighted by Gasteiger charge is -2.17. The van der Waals surface area contributed by atoms with Gasteiger partial charge in [0.25, 0.3) is 0 Å². The van der Waals surface area contributed by atoms with Gasteiger partial charge < -0.3 is 29.6 Å². The van der Waals surface area contributed by atoms with Gasteiger partial charge in [-0.15, -0.1) is 0 Å². The first-order valence-corrected chi connectivity index (χ1v) is 12.9. The van der Waals surface area contributed by atoms with Crippen LogP contribution in [0.1, 0.15) is 0 Å². The van der Waals surface area contributed by atoms with E-state index in [0.29, 0.717) is 63.6 Å². The van der Waals surface area contributed by atoms with Gasteiger partial charge in [0.1, 0.15) is 30.3 Å². The van der Waals surface area contributed by atoms with Crippen molar-refractivity contribution in [2.24, 2.45) is 0 Å². The number of rotatable bonds is 11. The van der Waals surface area contributed by atoms with Crippen LogP contribution >= 0.6 is 11.6 Å². The third kappa shape index (κ3) is 6.63. The number of ether oxygens (including phenoxy) is 4. The molecule has 41 heavy (non-hydrogen) atoms. The van der Waals surface area contributed by atoms with E-state index in [1.807, 2.05) is 0 Å². The molecular weight excluding hydrogens is 548 g/mol. The lowest BCUT2D eigenvalue weighted by molar-refractivity contribution is -0.115. The van der Waals surface area contributed by atoms with E-state index < -0.39 is 5.78 Å². The van der Waals surface area contributed by atoms with Crippen LogP contribution in [0.3, 0.4) is 0 Å². The number of anilines is 2. The van der Waals surface area contributed by atoms with E-state index in [1.165, 1.54) is 25.6 Å². The summed E-state index contributed by atoms with van der Waals surface area (Å²) in [5, 5.41) is 7.17. The number of nitrogens with zero attached hydrogens (tertiary/aromatic N) is 2. The van der Waals surface area contributed by atoms with E-state index in [0.717, 1.165) is 0 Å². The fourth-order valence-corrected chi connectivity index (χ4v) is 4.08. The Balaban J connectivity index is 1.28. The molecule has 208 valence electrons. The first-order valence-electron chi connectivity index (χ1n) is 12.5. The number of hydrogen-bond acceptors (Lipinski definition) is 10. The van der Waals surface area contributed by atoms with E-state index in [4.69, 9.17) is 30.5 Å². The molecule has 0 spiro atoms. The van der Waals surface area contributed by atoms with Gasteiger partial charge in [-0.2, -0.15) is 0 Å². The van der Waals surface area contributed by atoms with Crippen LogP contribution in [0.5, 0.6) is 23.0 Å². The molecule has 1 heterocycles. The van der Waals surface area contributed by atoms with Crippen LogP contribution in [-0.2, 0) is 14.3 Å². The molecule has 0 atom stereocenters. The Hall–Kier alpha value is -4.93. The van der Waals surface area contributed by atoms with Crippen LogP contribution in [0.4, 0.5) is 11.5 Å². The Morgan fingerprint density at radius 1 is 0.780 bits per heavy atom. The number of nitrogens with one attached hydrogen (secondary N) is 2. The van der Waals surface area contributed by atoms with Crippen LogP contribution in [0.25, 0.3) is 10.9 Å². The molecule has 1 aliphatic rings. The quantitative estimate of drug-likeness (QED) is 0.175. The molecular formula is C30H25ClN4O6. The minimum absolute atomic E-state index is 0.0756. The van der Waals surface area contributed by atoms with Crippen molar-refractivity contribution < 1.29 is 28.5 Å². The smallest absolute Gasteiger partial charge is 0.204 e. The van der Waals surface area contributed by atoms with E-state index in [-0.39, 0.29) is 17.2 Å². The maximum atomic E-state index is 13.0. The largest absolute Gasteiger partial charge is 0.493 e. The van der Waals surface area contributed by atoms with Gasteiger partial charge in [0.15, 0.2) is 11.5 Å². The lowest BCUT2D eigenvalue weighted by Crippen LogP contribution is -2.22. The van der Waals surface area contributed by atoms with Gasteiger partial charge in [-0.05, 0) is 54.6 Å². The molecule has 4 aromatic rings. The minimum atomic E-state index is -0.395. The number of aromatic nitrogens is 2. The van der Waals surface area contributed by atoms with Gasteiger partial charge in [-0.3, -0.25) is 9.59 Å². The molecule has 5 rings (SSSR count). The number of carbonyl (C=O) groups is 2. The summed E-state index contributed by atoms with van der Waals surface area (Å²) in [5.74, 6) is 1.76. The zero-order chi connectivity index (χ0) is 28.8. The number of carbonyl (C=O) groups excluding carboxylic acids is 2. The molecule has 1 aromatic heterocycles. The van der Waals surface area contributed by atoms with Crippen molar-refractivity contribution in [3.05, 3.63) is 95.6 Å². The Bertz CT molecular complexity index is 1650.